The molecule has 0 spiro atoms. The summed E-state index contributed by atoms with van der Waals surface area (Å²) >= 11 is 6.39. The zero-order valence-corrected chi connectivity index (χ0v) is 21.6. The molecule has 0 aliphatic carbocycles. The van der Waals surface area contributed by atoms with Gasteiger partial charge in [-0.25, -0.2) is 0 Å². The lowest BCUT2D eigenvalue weighted by atomic mass is 9.70. The van der Waals surface area contributed by atoms with E-state index in [1.807, 2.05) is 62.4 Å². The van der Waals surface area contributed by atoms with Crippen LogP contribution in [0.4, 0.5) is 5.69 Å². The Bertz CT molecular complexity index is 1220. The first-order valence-corrected chi connectivity index (χ1v) is 12.3. The Hall–Kier alpha value is -3.18. The van der Waals surface area contributed by atoms with E-state index in [1.54, 1.807) is 0 Å². The van der Waals surface area contributed by atoms with Crippen molar-refractivity contribution in [1.29, 1.82) is 0 Å². The Kier molecular flexibility index (Phi) is 7.27. The molecule has 3 aromatic carbocycles. The molecule has 0 bridgehead atoms. The molecule has 5 nitrogen and oxygen atoms in total. The number of esters is 1. The number of hydrogen-bond acceptors (Lipinski definition) is 5. The van der Waals surface area contributed by atoms with E-state index >= 15 is 0 Å². The van der Waals surface area contributed by atoms with Gasteiger partial charge in [0.25, 0.3) is 0 Å². The van der Waals surface area contributed by atoms with Crippen molar-refractivity contribution in [2.75, 3.05) is 11.9 Å². The standard InChI is InChI=1S/C29H32ClNO4/c1-6-33-25-13-9-11-21(26(25)34-17-20-10-7-8-12-23(20)30)27-29(4,5)28(35-19(3)32)22-16-18(2)14-15-24(22)31-27/h7-16,27-28,31H,6,17H2,1-5H3/t27-,28+/m0/s1. The summed E-state index contributed by atoms with van der Waals surface area (Å²) in [6.07, 6.45) is -0.437. The summed E-state index contributed by atoms with van der Waals surface area (Å²) in [5, 5.41) is 4.35. The van der Waals surface area contributed by atoms with Crippen LogP contribution in [0.15, 0.2) is 60.7 Å². The van der Waals surface area contributed by atoms with Crippen molar-refractivity contribution < 1.29 is 19.0 Å². The highest BCUT2D eigenvalue weighted by molar-refractivity contribution is 6.31. The van der Waals surface area contributed by atoms with Crippen LogP contribution >= 0.6 is 11.6 Å². The number of carbonyl (C=O) groups is 1. The van der Waals surface area contributed by atoms with Gasteiger partial charge in [0.05, 0.1) is 12.6 Å². The molecule has 184 valence electrons. The predicted octanol–water partition coefficient (Wildman–Crippen LogP) is 7.42. The first-order valence-electron chi connectivity index (χ1n) is 11.9. The summed E-state index contributed by atoms with van der Waals surface area (Å²) in [4.78, 5) is 12.1. The Labute approximate surface area is 212 Å². The van der Waals surface area contributed by atoms with Crippen LogP contribution in [0.2, 0.25) is 5.02 Å². The number of benzene rings is 3. The Morgan fingerprint density at radius 1 is 1.03 bits per heavy atom. The second-order valence-corrected chi connectivity index (χ2v) is 9.87. The molecule has 0 fully saturated rings. The van der Waals surface area contributed by atoms with Gasteiger partial charge < -0.3 is 19.5 Å². The number of aryl methyl sites for hydroxylation is 1. The van der Waals surface area contributed by atoms with Crippen LogP contribution in [0, 0.1) is 12.3 Å². The van der Waals surface area contributed by atoms with Gasteiger partial charge in [-0.05, 0) is 32.0 Å². The van der Waals surface area contributed by atoms with Gasteiger partial charge in [-0.15, -0.1) is 0 Å². The van der Waals surface area contributed by atoms with E-state index in [2.05, 4.69) is 31.3 Å². The number of halogens is 1. The monoisotopic (exact) mass is 493 g/mol. The molecule has 3 aromatic rings. The lowest BCUT2D eigenvalue weighted by molar-refractivity contribution is -0.154. The summed E-state index contributed by atoms with van der Waals surface area (Å²) in [6.45, 7) is 10.5. The molecule has 4 rings (SSSR count). The van der Waals surface area contributed by atoms with E-state index in [0.29, 0.717) is 29.7 Å². The second kappa shape index (κ2) is 10.2. The number of para-hydroxylation sites is 1. The fourth-order valence-corrected chi connectivity index (χ4v) is 4.92. The van der Waals surface area contributed by atoms with Crippen LogP contribution in [-0.4, -0.2) is 12.6 Å². The van der Waals surface area contributed by atoms with Crippen LogP contribution in [0.3, 0.4) is 0 Å². The van der Waals surface area contributed by atoms with Gasteiger partial charge in [-0.1, -0.05) is 73.5 Å². The van der Waals surface area contributed by atoms with Gasteiger partial charge in [-0.2, -0.15) is 0 Å². The summed E-state index contributed by atoms with van der Waals surface area (Å²) in [6, 6.07) is 19.5. The van der Waals surface area contributed by atoms with Crippen LogP contribution in [0.25, 0.3) is 0 Å². The number of rotatable bonds is 7. The quantitative estimate of drug-likeness (QED) is 0.347. The molecule has 0 radical (unpaired) electrons. The third-order valence-electron chi connectivity index (χ3n) is 6.44. The zero-order chi connectivity index (χ0) is 25.2. The second-order valence-electron chi connectivity index (χ2n) is 9.47. The van der Waals surface area contributed by atoms with Crippen molar-refractivity contribution in [2.45, 2.75) is 53.4 Å². The Balaban J connectivity index is 1.80. The molecule has 6 heteroatoms. The van der Waals surface area contributed by atoms with E-state index in [-0.39, 0.29) is 12.0 Å². The normalized spacial score (nSPS) is 18.2. The fourth-order valence-electron chi connectivity index (χ4n) is 4.73. The molecule has 0 unspecified atom stereocenters. The van der Waals surface area contributed by atoms with E-state index < -0.39 is 11.5 Å². The minimum atomic E-state index is -0.500. The van der Waals surface area contributed by atoms with Crippen molar-refractivity contribution in [3.63, 3.8) is 0 Å². The van der Waals surface area contributed by atoms with Gasteiger partial charge in [0.1, 0.15) is 12.7 Å². The van der Waals surface area contributed by atoms with Crippen molar-refractivity contribution >= 4 is 23.3 Å². The van der Waals surface area contributed by atoms with Gasteiger partial charge in [0.15, 0.2) is 11.5 Å². The molecule has 2 atom stereocenters. The molecular weight excluding hydrogens is 462 g/mol. The van der Waals surface area contributed by atoms with Crippen molar-refractivity contribution in [3.05, 3.63) is 87.9 Å². The largest absolute Gasteiger partial charge is 0.490 e. The third kappa shape index (κ3) is 5.10. The number of nitrogens with one attached hydrogen (secondary N) is 1. The fraction of sp³-hybridized carbons (Fsp3) is 0.345. The molecule has 0 saturated heterocycles. The Morgan fingerprint density at radius 2 is 1.80 bits per heavy atom. The summed E-state index contributed by atoms with van der Waals surface area (Å²) in [5.41, 5.74) is 4.34. The van der Waals surface area contributed by atoms with Gasteiger partial charge in [-0.3, -0.25) is 4.79 Å². The summed E-state index contributed by atoms with van der Waals surface area (Å²) in [7, 11) is 0. The minimum absolute atomic E-state index is 0.219. The number of anilines is 1. The van der Waals surface area contributed by atoms with Crippen molar-refractivity contribution in [1.82, 2.24) is 0 Å². The maximum atomic E-state index is 12.1. The van der Waals surface area contributed by atoms with Gasteiger partial charge in [0.2, 0.25) is 0 Å². The van der Waals surface area contributed by atoms with E-state index in [9.17, 15) is 4.79 Å². The lowest BCUT2D eigenvalue weighted by Gasteiger charge is -2.46. The van der Waals surface area contributed by atoms with Crippen molar-refractivity contribution in [2.24, 2.45) is 5.41 Å². The van der Waals surface area contributed by atoms with Gasteiger partial charge in [0, 0.05) is 39.7 Å². The molecule has 0 amide bonds. The van der Waals surface area contributed by atoms with Crippen LogP contribution < -0.4 is 14.8 Å². The van der Waals surface area contributed by atoms with Crippen molar-refractivity contribution in [3.8, 4) is 11.5 Å². The first kappa shape index (κ1) is 24.9. The van der Waals surface area contributed by atoms with Gasteiger partial charge >= 0.3 is 5.97 Å². The molecule has 1 aliphatic heterocycles. The minimum Gasteiger partial charge on any atom is -0.490 e. The highest BCUT2D eigenvalue weighted by atomic mass is 35.5. The van der Waals surface area contributed by atoms with E-state index in [4.69, 9.17) is 25.8 Å². The highest BCUT2D eigenvalue weighted by Gasteiger charge is 2.47. The molecule has 0 saturated carbocycles. The average Bonchev–Trinajstić information content (AvgIpc) is 2.81. The Morgan fingerprint density at radius 3 is 2.51 bits per heavy atom. The van der Waals surface area contributed by atoms with Crippen LogP contribution in [0.5, 0.6) is 11.5 Å². The number of fused-ring (bicyclic) bond motifs is 1. The molecular formula is C29H32ClNO4. The number of ether oxygens (including phenoxy) is 3. The van der Waals surface area contributed by atoms with Crippen LogP contribution in [0.1, 0.15) is 62.1 Å². The molecule has 1 aliphatic rings. The SMILES string of the molecule is CCOc1cccc([C@@H]2Nc3ccc(C)cc3[C@@H](OC(C)=O)C2(C)C)c1OCc1ccccc1Cl. The number of hydrogen-bond donors (Lipinski definition) is 1. The molecule has 0 aromatic heterocycles. The van der Waals surface area contributed by atoms with E-state index in [0.717, 1.165) is 27.9 Å². The zero-order valence-electron chi connectivity index (χ0n) is 20.9. The molecule has 1 N–H and O–H groups in total. The topological polar surface area (TPSA) is 56.8 Å². The predicted molar refractivity (Wildman–Crippen MR) is 139 cm³/mol. The maximum Gasteiger partial charge on any atom is 0.303 e. The summed E-state index contributed by atoms with van der Waals surface area (Å²) in [5.74, 6) is 1.000. The van der Waals surface area contributed by atoms with E-state index in [1.165, 1.54) is 6.92 Å². The number of carbonyl (C=O) groups excluding carboxylic acids is 1. The molecule has 1 heterocycles. The molecule has 35 heavy (non-hydrogen) atoms. The van der Waals surface area contributed by atoms with Crippen LogP contribution in [-0.2, 0) is 16.1 Å². The summed E-state index contributed by atoms with van der Waals surface area (Å²) < 4.78 is 18.3. The third-order valence-corrected chi connectivity index (χ3v) is 6.81. The first-order chi connectivity index (χ1) is 16.7. The maximum absolute atomic E-state index is 12.1. The highest BCUT2D eigenvalue weighted by Crippen LogP contribution is 2.55. The average molecular weight is 494 g/mol. The lowest BCUT2D eigenvalue weighted by Crippen LogP contribution is -2.40. The smallest absolute Gasteiger partial charge is 0.303 e.